The number of nitrogens with zero attached hydrogens (tertiary/aromatic N) is 1. The molecule has 0 spiro atoms. The monoisotopic (exact) mass is 239 g/mol. The molecule has 0 aliphatic rings. The van der Waals surface area contributed by atoms with Gasteiger partial charge in [-0.15, -0.1) is 0 Å². The lowest BCUT2D eigenvalue weighted by atomic mass is 10.2. The van der Waals surface area contributed by atoms with E-state index in [1.165, 1.54) is 6.07 Å². The van der Waals surface area contributed by atoms with Gasteiger partial charge in [0.15, 0.2) is 0 Å². The second-order valence-electron chi connectivity index (χ2n) is 3.54. The summed E-state index contributed by atoms with van der Waals surface area (Å²) in [5.41, 5.74) is 5.06. The molecule has 0 amide bonds. The fourth-order valence-corrected chi connectivity index (χ4v) is 1.74. The molecule has 84 valence electrons. The van der Waals surface area contributed by atoms with Crippen molar-refractivity contribution >= 4 is 22.5 Å². The maximum atomic E-state index is 11.9. The number of fused-ring (bicyclic) bond motifs is 1. The summed E-state index contributed by atoms with van der Waals surface area (Å²) in [6.45, 7) is 1.56. The summed E-state index contributed by atoms with van der Waals surface area (Å²) in [5.74, 6) is 0. The Balaban J connectivity index is 2.97. The molecule has 0 aliphatic heterocycles. The third kappa shape index (κ3) is 1.64. The molecule has 1 atom stereocenters. The minimum absolute atomic E-state index is 0.351. The predicted molar refractivity (Wildman–Crippen MR) is 62.7 cm³/mol. The third-order valence-corrected chi connectivity index (χ3v) is 2.53. The van der Waals surface area contributed by atoms with Gasteiger partial charge in [0.2, 0.25) is 0 Å². The molecule has 5 nitrogen and oxygen atoms in total. The first-order valence-corrected chi connectivity index (χ1v) is 5.08. The Morgan fingerprint density at radius 2 is 2.12 bits per heavy atom. The van der Waals surface area contributed by atoms with Gasteiger partial charge in [0, 0.05) is 5.02 Å². The van der Waals surface area contributed by atoms with Gasteiger partial charge < -0.3 is 10.7 Å². The summed E-state index contributed by atoms with van der Waals surface area (Å²) in [4.78, 5) is 26.1. The Hall–Kier alpha value is -1.59. The average molecular weight is 240 g/mol. The van der Waals surface area contributed by atoms with Crippen LogP contribution in [-0.2, 0) is 0 Å². The summed E-state index contributed by atoms with van der Waals surface area (Å²) in [6, 6.07) is 4.70. The zero-order valence-corrected chi connectivity index (χ0v) is 9.28. The largest absolute Gasteiger partial charge is 0.330 e. The molecular formula is C10H10ClN3O2. The second kappa shape index (κ2) is 3.77. The fourth-order valence-electron chi connectivity index (χ4n) is 1.57. The number of nitrogens with two attached hydrogens (primary N) is 1. The van der Waals surface area contributed by atoms with Crippen molar-refractivity contribution in [3.8, 4) is 0 Å². The molecule has 3 N–H and O–H groups in total. The van der Waals surface area contributed by atoms with Crippen LogP contribution in [0.15, 0.2) is 27.8 Å². The van der Waals surface area contributed by atoms with E-state index in [9.17, 15) is 9.59 Å². The molecule has 2 rings (SSSR count). The fraction of sp³-hybridized carbons (Fsp3) is 0.200. The number of aromatic amines is 1. The molecule has 0 aliphatic carbocycles. The molecule has 0 saturated carbocycles. The van der Waals surface area contributed by atoms with Gasteiger partial charge in [-0.25, -0.2) is 9.36 Å². The van der Waals surface area contributed by atoms with Crippen LogP contribution in [0.25, 0.3) is 10.9 Å². The van der Waals surface area contributed by atoms with Crippen LogP contribution in [0.2, 0.25) is 5.02 Å². The molecule has 1 unspecified atom stereocenters. The van der Waals surface area contributed by atoms with Crippen LogP contribution in [0, 0.1) is 0 Å². The van der Waals surface area contributed by atoms with E-state index in [0.717, 1.165) is 4.57 Å². The molecule has 0 bridgehead atoms. The minimum atomic E-state index is -0.681. The van der Waals surface area contributed by atoms with Crippen molar-refractivity contribution in [1.29, 1.82) is 0 Å². The van der Waals surface area contributed by atoms with Crippen molar-refractivity contribution in [3.63, 3.8) is 0 Å². The number of nitrogens with one attached hydrogen (secondary N) is 1. The van der Waals surface area contributed by atoms with Crippen LogP contribution >= 0.6 is 11.6 Å². The van der Waals surface area contributed by atoms with E-state index in [4.69, 9.17) is 17.3 Å². The van der Waals surface area contributed by atoms with Crippen molar-refractivity contribution in [2.24, 2.45) is 5.73 Å². The lowest BCUT2D eigenvalue weighted by molar-refractivity contribution is 0.528. The number of hydrogen-bond acceptors (Lipinski definition) is 3. The number of rotatable bonds is 1. The molecular weight excluding hydrogens is 230 g/mol. The predicted octanol–water partition coefficient (Wildman–Crippen LogP) is 0.820. The second-order valence-corrected chi connectivity index (χ2v) is 3.97. The van der Waals surface area contributed by atoms with Gasteiger partial charge in [-0.1, -0.05) is 11.6 Å². The first-order chi connectivity index (χ1) is 7.50. The summed E-state index contributed by atoms with van der Waals surface area (Å²) in [7, 11) is 0. The van der Waals surface area contributed by atoms with Crippen molar-refractivity contribution in [2.45, 2.75) is 13.1 Å². The standard InChI is InChI=1S/C10H10ClN3O2/c1-5(12)14-9(15)7-4-6(11)2-3-8(7)13-10(14)16/h2-5H,12H2,1H3,(H,13,16). The topological polar surface area (TPSA) is 80.9 Å². The Morgan fingerprint density at radius 1 is 1.44 bits per heavy atom. The smallest absolute Gasteiger partial charge is 0.311 e. The Morgan fingerprint density at radius 3 is 2.75 bits per heavy atom. The third-order valence-electron chi connectivity index (χ3n) is 2.30. The van der Waals surface area contributed by atoms with E-state index in [1.807, 2.05) is 0 Å². The Labute approximate surface area is 95.5 Å². The van der Waals surface area contributed by atoms with Crippen LogP contribution in [0.1, 0.15) is 13.1 Å². The highest BCUT2D eigenvalue weighted by Gasteiger charge is 2.10. The molecule has 0 saturated heterocycles. The molecule has 1 aromatic heterocycles. The van der Waals surface area contributed by atoms with E-state index in [-0.39, 0.29) is 0 Å². The van der Waals surface area contributed by atoms with Gasteiger partial charge in [0.05, 0.1) is 17.1 Å². The summed E-state index contributed by atoms with van der Waals surface area (Å²) in [6.07, 6.45) is -0.681. The molecule has 0 fully saturated rings. The summed E-state index contributed by atoms with van der Waals surface area (Å²) >= 11 is 5.79. The maximum Gasteiger partial charge on any atom is 0.330 e. The van der Waals surface area contributed by atoms with E-state index >= 15 is 0 Å². The summed E-state index contributed by atoms with van der Waals surface area (Å²) < 4.78 is 0.957. The van der Waals surface area contributed by atoms with E-state index < -0.39 is 17.4 Å². The highest BCUT2D eigenvalue weighted by Crippen LogP contribution is 2.13. The van der Waals surface area contributed by atoms with Crippen LogP contribution < -0.4 is 17.0 Å². The van der Waals surface area contributed by atoms with Gasteiger partial charge in [0.1, 0.15) is 0 Å². The quantitative estimate of drug-likeness (QED) is 0.773. The zero-order valence-electron chi connectivity index (χ0n) is 8.53. The van der Waals surface area contributed by atoms with Crippen molar-refractivity contribution < 1.29 is 0 Å². The van der Waals surface area contributed by atoms with Crippen molar-refractivity contribution in [2.75, 3.05) is 0 Å². The lowest BCUT2D eigenvalue weighted by Gasteiger charge is -2.09. The highest BCUT2D eigenvalue weighted by atomic mass is 35.5. The molecule has 6 heteroatoms. The average Bonchev–Trinajstić information content (AvgIpc) is 2.19. The molecule has 0 radical (unpaired) electrons. The Bertz CT molecular complexity index is 657. The lowest BCUT2D eigenvalue weighted by Crippen LogP contribution is -2.40. The maximum absolute atomic E-state index is 11.9. The van der Waals surface area contributed by atoms with E-state index in [0.29, 0.717) is 15.9 Å². The number of aromatic nitrogens is 2. The van der Waals surface area contributed by atoms with Gasteiger partial charge in [-0.05, 0) is 25.1 Å². The van der Waals surface area contributed by atoms with Gasteiger partial charge >= 0.3 is 5.69 Å². The number of halogens is 1. The normalized spacial score (nSPS) is 12.9. The molecule has 16 heavy (non-hydrogen) atoms. The van der Waals surface area contributed by atoms with Crippen molar-refractivity contribution in [3.05, 3.63) is 44.1 Å². The first-order valence-electron chi connectivity index (χ1n) is 4.70. The molecule has 2 aromatic rings. The number of benzene rings is 1. The van der Waals surface area contributed by atoms with Gasteiger partial charge in [-0.2, -0.15) is 0 Å². The van der Waals surface area contributed by atoms with Crippen molar-refractivity contribution in [1.82, 2.24) is 9.55 Å². The molecule has 1 aromatic carbocycles. The number of hydrogen-bond donors (Lipinski definition) is 2. The Kier molecular flexibility index (Phi) is 2.57. The minimum Gasteiger partial charge on any atom is -0.311 e. The van der Waals surface area contributed by atoms with E-state index in [1.54, 1.807) is 19.1 Å². The number of H-pyrrole nitrogens is 1. The van der Waals surface area contributed by atoms with E-state index in [2.05, 4.69) is 4.98 Å². The first kappa shape index (κ1) is 10.9. The van der Waals surface area contributed by atoms with Gasteiger partial charge in [0.25, 0.3) is 5.56 Å². The zero-order chi connectivity index (χ0) is 11.9. The van der Waals surface area contributed by atoms with Crippen LogP contribution in [-0.4, -0.2) is 9.55 Å². The van der Waals surface area contributed by atoms with Crippen LogP contribution in [0.5, 0.6) is 0 Å². The SMILES string of the molecule is CC(N)n1c(=O)[nH]c2ccc(Cl)cc2c1=O. The van der Waals surface area contributed by atoms with Crippen LogP contribution in [0.4, 0.5) is 0 Å². The van der Waals surface area contributed by atoms with Gasteiger partial charge in [-0.3, -0.25) is 4.79 Å². The molecule has 1 heterocycles. The highest BCUT2D eigenvalue weighted by molar-refractivity contribution is 6.31. The van der Waals surface area contributed by atoms with Crippen LogP contribution in [0.3, 0.4) is 0 Å². The summed E-state index contributed by atoms with van der Waals surface area (Å²) in [5, 5.41) is 0.789.